The minimum absolute atomic E-state index is 0.386. The molecule has 0 radical (unpaired) electrons. The van der Waals surface area contributed by atoms with Crippen LogP contribution in [0.15, 0.2) is 12.2 Å². The van der Waals surface area contributed by atoms with Gasteiger partial charge in [-0.05, 0) is 18.8 Å². The summed E-state index contributed by atoms with van der Waals surface area (Å²) in [6.07, 6.45) is 5.38. The Hall–Kier alpha value is -0.340. The van der Waals surface area contributed by atoms with E-state index in [1.807, 2.05) is 19.9 Å². The second-order valence-corrected chi connectivity index (χ2v) is 3.83. The highest BCUT2D eigenvalue weighted by Crippen LogP contribution is 2.29. The molecule has 0 aromatic carbocycles. The largest absolute Gasteiger partial charge is 0.390 e. The first-order chi connectivity index (χ1) is 5.58. The Morgan fingerprint density at radius 3 is 2.75 bits per heavy atom. The maximum atomic E-state index is 9.92. The highest BCUT2D eigenvalue weighted by Gasteiger charge is 2.35. The maximum absolute atomic E-state index is 9.92. The maximum Gasteiger partial charge on any atom is 0.109 e. The number of aliphatic hydroxyl groups excluding tert-OH is 1. The minimum atomic E-state index is -0.957. The summed E-state index contributed by atoms with van der Waals surface area (Å²) in [5.41, 5.74) is -0.957. The molecule has 0 aliphatic heterocycles. The molecule has 70 valence electrons. The lowest BCUT2D eigenvalue weighted by molar-refractivity contribution is -0.0586. The van der Waals surface area contributed by atoms with E-state index in [2.05, 4.69) is 0 Å². The average molecular weight is 170 g/mol. The average Bonchev–Trinajstić information content (AvgIpc) is 1.99. The second-order valence-electron chi connectivity index (χ2n) is 3.83. The third-order valence-electron chi connectivity index (χ3n) is 2.54. The van der Waals surface area contributed by atoms with Crippen LogP contribution in [-0.2, 0) is 0 Å². The highest BCUT2D eigenvalue weighted by molar-refractivity contribution is 5.11. The van der Waals surface area contributed by atoms with Crippen molar-refractivity contribution in [3.63, 3.8) is 0 Å². The molecule has 2 N–H and O–H groups in total. The van der Waals surface area contributed by atoms with Crippen LogP contribution in [0.3, 0.4) is 0 Å². The number of rotatable bonds is 2. The highest BCUT2D eigenvalue weighted by atomic mass is 16.3. The molecule has 12 heavy (non-hydrogen) atoms. The molecule has 0 bridgehead atoms. The molecular weight excluding hydrogens is 152 g/mol. The van der Waals surface area contributed by atoms with Gasteiger partial charge in [0.15, 0.2) is 0 Å². The van der Waals surface area contributed by atoms with Crippen LogP contribution in [0.4, 0.5) is 0 Å². The van der Waals surface area contributed by atoms with Gasteiger partial charge in [0, 0.05) is 0 Å². The van der Waals surface area contributed by atoms with Gasteiger partial charge in [-0.1, -0.05) is 32.4 Å². The van der Waals surface area contributed by atoms with Crippen molar-refractivity contribution in [1.82, 2.24) is 0 Å². The lowest BCUT2D eigenvalue weighted by Crippen LogP contribution is -2.43. The molecule has 0 saturated carbocycles. The van der Waals surface area contributed by atoms with Gasteiger partial charge in [0.1, 0.15) is 5.60 Å². The summed E-state index contributed by atoms with van der Waals surface area (Å²) >= 11 is 0. The van der Waals surface area contributed by atoms with Crippen LogP contribution < -0.4 is 0 Å². The summed E-state index contributed by atoms with van der Waals surface area (Å²) in [6, 6.07) is 0. The summed E-state index contributed by atoms with van der Waals surface area (Å²) in [6.45, 7) is 4.06. The molecule has 2 heteroatoms. The van der Waals surface area contributed by atoms with Gasteiger partial charge < -0.3 is 10.2 Å². The fourth-order valence-corrected chi connectivity index (χ4v) is 1.73. The zero-order valence-corrected chi connectivity index (χ0v) is 7.83. The molecule has 1 aliphatic carbocycles. The number of hydrogen-bond donors (Lipinski definition) is 2. The Morgan fingerprint density at radius 2 is 2.25 bits per heavy atom. The van der Waals surface area contributed by atoms with E-state index in [-0.39, 0.29) is 0 Å². The Bertz CT molecular complexity index is 177. The minimum Gasteiger partial charge on any atom is -0.390 e. The van der Waals surface area contributed by atoms with E-state index in [0.717, 1.165) is 6.42 Å². The summed E-state index contributed by atoms with van der Waals surface area (Å²) in [7, 11) is 0. The molecule has 1 rings (SSSR count). The topological polar surface area (TPSA) is 40.5 Å². The monoisotopic (exact) mass is 170 g/mol. The van der Waals surface area contributed by atoms with E-state index in [4.69, 9.17) is 0 Å². The molecule has 2 nitrogen and oxygen atoms in total. The van der Waals surface area contributed by atoms with Gasteiger partial charge >= 0.3 is 0 Å². The summed E-state index contributed by atoms with van der Waals surface area (Å²) in [4.78, 5) is 0. The second kappa shape index (κ2) is 3.58. The molecule has 0 spiro atoms. The molecule has 3 atom stereocenters. The van der Waals surface area contributed by atoms with E-state index < -0.39 is 11.7 Å². The van der Waals surface area contributed by atoms with Gasteiger partial charge in [0.2, 0.25) is 0 Å². The quantitative estimate of drug-likeness (QED) is 0.616. The molecule has 1 aliphatic rings. The summed E-state index contributed by atoms with van der Waals surface area (Å²) in [5.74, 6) is 0.386. The molecule has 3 unspecified atom stereocenters. The Balaban J connectivity index is 2.69. The lowest BCUT2D eigenvalue weighted by Gasteiger charge is -2.34. The Morgan fingerprint density at radius 1 is 1.58 bits per heavy atom. The first kappa shape index (κ1) is 9.75. The van der Waals surface area contributed by atoms with Crippen LogP contribution in [0.25, 0.3) is 0 Å². The first-order valence-corrected chi connectivity index (χ1v) is 4.68. The number of hydrogen-bond acceptors (Lipinski definition) is 2. The summed E-state index contributed by atoms with van der Waals surface area (Å²) in [5, 5.41) is 19.5. The van der Waals surface area contributed by atoms with E-state index in [1.54, 1.807) is 6.08 Å². The standard InChI is InChI=1S/C10H18O2/c1-3-5-10(12)6-4-8(2)7-9(10)11/h4,6,8-9,11-12H,3,5,7H2,1-2H3. The van der Waals surface area contributed by atoms with Crippen molar-refractivity contribution >= 4 is 0 Å². The molecule has 0 amide bonds. The molecule has 0 saturated heterocycles. The smallest absolute Gasteiger partial charge is 0.109 e. The van der Waals surface area contributed by atoms with Crippen LogP contribution in [-0.4, -0.2) is 21.9 Å². The van der Waals surface area contributed by atoms with E-state index in [0.29, 0.717) is 18.8 Å². The van der Waals surface area contributed by atoms with Gasteiger partial charge in [-0.25, -0.2) is 0 Å². The Kier molecular flexibility index (Phi) is 2.91. The van der Waals surface area contributed by atoms with Crippen LogP contribution in [0.5, 0.6) is 0 Å². The van der Waals surface area contributed by atoms with Gasteiger partial charge in [-0.2, -0.15) is 0 Å². The number of aliphatic hydroxyl groups is 2. The van der Waals surface area contributed by atoms with Crippen molar-refractivity contribution in [2.45, 2.75) is 44.8 Å². The summed E-state index contributed by atoms with van der Waals surface area (Å²) < 4.78 is 0. The lowest BCUT2D eigenvalue weighted by atomic mass is 9.81. The van der Waals surface area contributed by atoms with E-state index >= 15 is 0 Å². The van der Waals surface area contributed by atoms with Crippen molar-refractivity contribution in [2.24, 2.45) is 5.92 Å². The van der Waals surface area contributed by atoms with Crippen molar-refractivity contribution < 1.29 is 10.2 Å². The SMILES string of the molecule is CCCC1(O)C=CC(C)CC1O. The predicted molar refractivity (Wildman–Crippen MR) is 48.8 cm³/mol. The van der Waals surface area contributed by atoms with E-state index in [9.17, 15) is 10.2 Å². The van der Waals surface area contributed by atoms with Gasteiger partial charge in [-0.3, -0.25) is 0 Å². The zero-order chi connectivity index (χ0) is 9.19. The van der Waals surface area contributed by atoms with Gasteiger partial charge in [0.25, 0.3) is 0 Å². The van der Waals surface area contributed by atoms with Crippen LogP contribution >= 0.6 is 0 Å². The molecule has 0 heterocycles. The van der Waals surface area contributed by atoms with Crippen LogP contribution in [0.2, 0.25) is 0 Å². The fourth-order valence-electron chi connectivity index (χ4n) is 1.73. The van der Waals surface area contributed by atoms with Crippen LogP contribution in [0, 0.1) is 5.92 Å². The number of allylic oxidation sites excluding steroid dienone is 1. The van der Waals surface area contributed by atoms with Crippen LogP contribution in [0.1, 0.15) is 33.1 Å². The van der Waals surface area contributed by atoms with E-state index in [1.165, 1.54) is 0 Å². The molecule has 0 fully saturated rings. The Labute approximate surface area is 73.9 Å². The van der Waals surface area contributed by atoms with Gasteiger partial charge in [0.05, 0.1) is 6.10 Å². The van der Waals surface area contributed by atoms with Gasteiger partial charge in [-0.15, -0.1) is 0 Å². The zero-order valence-electron chi connectivity index (χ0n) is 7.83. The fraction of sp³-hybridized carbons (Fsp3) is 0.800. The normalized spacial score (nSPS) is 41.7. The van der Waals surface area contributed by atoms with Crippen molar-refractivity contribution in [3.05, 3.63) is 12.2 Å². The molecule has 0 aromatic rings. The predicted octanol–water partition coefficient (Wildman–Crippen LogP) is 1.47. The van der Waals surface area contributed by atoms with Crippen molar-refractivity contribution in [2.75, 3.05) is 0 Å². The third-order valence-corrected chi connectivity index (χ3v) is 2.54. The molecule has 0 aromatic heterocycles. The van der Waals surface area contributed by atoms with Crippen molar-refractivity contribution in [1.29, 1.82) is 0 Å². The van der Waals surface area contributed by atoms with Crippen molar-refractivity contribution in [3.8, 4) is 0 Å². The molecular formula is C10H18O2. The third kappa shape index (κ3) is 1.87. The first-order valence-electron chi connectivity index (χ1n) is 4.68.